The van der Waals surface area contributed by atoms with E-state index in [1.165, 1.54) is 4.68 Å². The molecule has 7 heteroatoms. The average Bonchev–Trinajstić information content (AvgIpc) is 3.16. The second kappa shape index (κ2) is 5.51. The van der Waals surface area contributed by atoms with Crippen LogP contribution in [0.25, 0.3) is 11.0 Å². The summed E-state index contributed by atoms with van der Waals surface area (Å²) in [6, 6.07) is 10.9. The zero-order chi connectivity index (χ0) is 15.8. The van der Waals surface area contributed by atoms with Crippen molar-refractivity contribution in [3.8, 4) is 0 Å². The van der Waals surface area contributed by atoms with Gasteiger partial charge in [-0.15, -0.1) is 0 Å². The van der Waals surface area contributed by atoms with Gasteiger partial charge < -0.3 is 15.0 Å². The topological polar surface area (TPSA) is 84.8 Å². The van der Waals surface area contributed by atoms with Gasteiger partial charge in [0.15, 0.2) is 0 Å². The van der Waals surface area contributed by atoms with Crippen molar-refractivity contribution >= 4 is 17.0 Å². The van der Waals surface area contributed by atoms with Crippen LogP contribution in [0.15, 0.2) is 41.2 Å². The number of nitrogens with zero attached hydrogens (tertiary/aromatic N) is 3. The molecule has 2 atom stereocenters. The number of ether oxygens (including phenoxy) is 1. The van der Waals surface area contributed by atoms with E-state index in [1.54, 1.807) is 12.1 Å². The number of imidazole rings is 1. The minimum atomic E-state index is -0.157. The highest BCUT2D eigenvalue weighted by molar-refractivity contribution is 5.77. The summed E-state index contributed by atoms with van der Waals surface area (Å²) < 4.78 is 7.06. The standard InChI is InChI=1S/C16H17N5O2/c1-10-6-7-15(22)21(20-10)14-9-23-8-13(14)19-16-17-11-4-2-3-5-12(11)18-16/h2-7,13-14H,8-9H2,1H3,(H2,17,18,19). The maximum Gasteiger partial charge on any atom is 0.267 e. The van der Waals surface area contributed by atoms with Gasteiger partial charge in [0.2, 0.25) is 5.95 Å². The minimum Gasteiger partial charge on any atom is -0.377 e. The molecule has 0 spiro atoms. The molecule has 1 aromatic carbocycles. The van der Waals surface area contributed by atoms with Crippen molar-refractivity contribution in [3.05, 3.63) is 52.4 Å². The van der Waals surface area contributed by atoms with Crippen molar-refractivity contribution in [2.75, 3.05) is 18.5 Å². The van der Waals surface area contributed by atoms with Crippen molar-refractivity contribution in [2.45, 2.75) is 19.0 Å². The van der Waals surface area contributed by atoms with E-state index in [2.05, 4.69) is 20.4 Å². The first-order valence-corrected chi connectivity index (χ1v) is 7.56. The summed E-state index contributed by atoms with van der Waals surface area (Å²) in [6.45, 7) is 2.82. The number of H-pyrrole nitrogens is 1. The summed E-state index contributed by atoms with van der Waals surface area (Å²) in [7, 11) is 0. The van der Waals surface area contributed by atoms with Gasteiger partial charge in [0, 0.05) is 6.07 Å². The number of benzene rings is 1. The van der Waals surface area contributed by atoms with Gasteiger partial charge in [0.05, 0.1) is 36.0 Å². The summed E-state index contributed by atoms with van der Waals surface area (Å²) in [5.74, 6) is 0.674. The number of anilines is 1. The second-order valence-corrected chi connectivity index (χ2v) is 5.72. The van der Waals surface area contributed by atoms with E-state index in [4.69, 9.17) is 4.74 Å². The van der Waals surface area contributed by atoms with Crippen LogP contribution in [-0.2, 0) is 4.74 Å². The summed E-state index contributed by atoms with van der Waals surface area (Å²) >= 11 is 0. The molecule has 0 bridgehead atoms. The van der Waals surface area contributed by atoms with Gasteiger partial charge in [-0.2, -0.15) is 5.10 Å². The Morgan fingerprint density at radius 2 is 2.13 bits per heavy atom. The van der Waals surface area contributed by atoms with Gasteiger partial charge in [-0.1, -0.05) is 12.1 Å². The van der Waals surface area contributed by atoms with Crippen molar-refractivity contribution in [3.63, 3.8) is 0 Å². The molecule has 118 valence electrons. The Morgan fingerprint density at radius 1 is 1.26 bits per heavy atom. The zero-order valence-corrected chi connectivity index (χ0v) is 12.7. The van der Waals surface area contributed by atoms with E-state index in [0.29, 0.717) is 19.2 Å². The Kier molecular flexibility index (Phi) is 3.34. The molecule has 1 aliphatic rings. The lowest BCUT2D eigenvalue weighted by Gasteiger charge is -2.19. The average molecular weight is 311 g/mol. The van der Waals surface area contributed by atoms with E-state index in [0.717, 1.165) is 16.7 Å². The number of aromatic nitrogens is 4. The van der Waals surface area contributed by atoms with Crippen molar-refractivity contribution in [2.24, 2.45) is 0 Å². The molecule has 23 heavy (non-hydrogen) atoms. The fourth-order valence-corrected chi connectivity index (χ4v) is 2.88. The number of aromatic amines is 1. The number of rotatable bonds is 3. The fourth-order valence-electron chi connectivity index (χ4n) is 2.88. The molecule has 2 N–H and O–H groups in total. The van der Waals surface area contributed by atoms with Crippen LogP contribution in [0.3, 0.4) is 0 Å². The molecule has 2 unspecified atom stereocenters. The third-order valence-corrected chi connectivity index (χ3v) is 4.03. The first-order valence-electron chi connectivity index (χ1n) is 7.56. The number of nitrogens with one attached hydrogen (secondary N) is 2. The maximum atomic E-state index is 12.1. The molecule has 4 rings (SSSR count). The second-order valence-electron chi connectivity index (χ2n) is 5.72. The summed E-state index contributed by atoms with van der Waals surface area (Å²) in [6.07, 6.45) is 0. The molecule has 1 fully saturated rings. The zero-order valence-electron chi connectivity index (χ0n) is 12.7. The monoisotopic (exact) mass is 311 g/mol. The highest BCUT2D eigenvalue weighted by atomic mass is 16.5. The van der Waals surface area contributed by atoms with Gasteiger partial charge in [0.1, 0.15) is 6.04 Å². The Morgan fingerprint density at radius 3 is 3.00 bits per heavy atom. The Balaban J connectivity index is 1.62. The van der Waals surface area contributed by atoms with Gasteiger partial charge in [-0.05, 0) is 25.1 Å². The van der Waals surface area contributed by atoms with Crippen LogP contribution in [0.2, 0.25) is 0 Å². The van der Waals surface area contributed by atoms with Crippen LogP contribution in [-0.4, -0.2) is 39.0 Å². The van der Waals surface area contributed by atoms with E-state index in [9.17, 15) is 4.79 Å². The summed E-state index contributed by atoms with van der Waals surface area (Å²) in [4.78, 5) is 19.8. The van der Waals surface area contributed by atoms with Gasteiger partial charge in [-0.3, -0.25) is 4.79 Å². The molecule has 7 nitrogen and oxygen atoms in total. The van der Waals surface area contributed by atoms with Crippen LogP contribution >= 0.6 is 0 Å². The predicted molar refractivity (Wildman–Crippen MR) is 86.6 cm³/mol. The molecular weight excluding hydrogens is 294 g/mol. The van der Waals surface area contributed by atoms with Crippen LogP contribution in [0.1, 0.15) is 11.7 Å². The third kappa shape index (κ3) is 2.59. The SMILES string of the molecule is Cc1ccc(=O)n(C2COCC2Nc2nc3ccccc3[nH]2)n1. The van der Waals surface area contributed by atoms with Crippen molar-refractivity contribution in [1.82, 2.24) is 19.7 Å². The highest BCUT2D eigenvalue weighted by Crippen LogP contribution is 2.22. The van der Waals surface area contributed by atoms with E-state index >= 15 is 0 Å². The minimum absolute atomic E-state index is 0.0671. The van der Waals surface area contributed by atoms with Crippen LogP contribution in [0, 0.1) is 6.92 Å². The highest BCUT2D eigenvalue weighted by Gasteiger charge is 2.32. The smallest absolute Gasteiger partial charge is 0.267 e. The van der Waals surface area contributed by atoms with E-state index in [-0.39, 0.29) is 17.6 Å². The van der Waals surface area contributed by atoms with Gasteiger partial charge in [-0.25, -0.2) is 9.67 Å². The molecular formula is C16H17N5O2. The van der Waals surface area contributed by atoms with E-state index < -0.39 is 0 Å². The molecule has 1 aliphatic heterocycles. The normalized spacial score (nSPS) is 20.9. The van der Waals surface area contributed by atoms with Crippen LogP contribution < -0.4 is 10.9 Å². The first kappa shape index (κ1) is 14.0. The quantitative estimate of drug-likeness (QED) is 0.765. The van der Waals surface area contributed by atoms with Crippen molar-refractivity contribution in [1.29, 1.82) is 0 Å². The molecule has 1 saturated heterocycles. The van der Waals surface area contributed by atoms with Gasteiger partial charge in [0.25, 0.3) is 5.56 Å². The lowest BCUT2D eigenvalue weighted by molar-refractivity contribution is 0.182. The number of fused-ring (bicyclic) bond motifs is 1. The number of aryl methyl sites for hydroxylation is 1. The molecule has 0 amide bonds. The van der Waals surface area contributed by atoms with Crippen LogP contribution in [0.5, 0.6) is 0 Å². The lowest BCUT2D eigenvalue weighted by Crippen LogP contribution is -2.37. The molecule has 0 saturated carbocycles. The van der Waals surface area contributed by atoms with E-state index in [1.807, 2.05) is 31.2 Å². The Labute approximate surface area is 132 Å². The molecule has 0 radical (unpaired) electrons. The summed E-state index contributed by atoms with van der Waals surface area (Å²) in [5, 5.41) is 7.68. The number of hydrogen-bond donors (Lipinski definition) is 2. The first-order chi connectivity index (χ1) is 11.2. The third-order valence-electron chi connectivity index (χ3n) is 4.03. The van der Waals surface area contributed by atoms with Gasteiger partial charge >= 0.3 is 0 Å². The molecule has 3 aromatic rings. The molecule has 3 heterocycles. The Bertz CT molecular complexity index is 868. The predicted octanol–water partition coefficient (Wildman–Crippen LogP) is 1.48. The molecule has 0 aliphatic carbocycles. The molecule has 2 aromatic heterocycles. The number of para-hydroxylation sites is 2. The maximum absolute atomic E-state index is 12.1. The lowest BCUT2D eigenvalue weighted by atomic mass is 10.2. The number of hydrogen-bond acceptors (Lipinski definition) is 5. The summed E-state index contributed by atoms with van der Waals surface area (Å²) in [5.41, 5.74) is 2.55. The van der Waals surface area contributed by atoms with Crippen molar-refractivity contribution < 1.29 is 4.74 Å². The fraction of sp³-hybridized carbons (Fsp3) is 0.312. The Hall–Kier alpha value is -2.67. The van der Waals surface area contributed by atoms with Crippen LogP contribution in [0.4, 0.5) is 5.95 Å². The largest absolute Gasteiger partial charge is 0.377 e.